The van der Waals surface area contributed by atoms with E-state index in [0.717, 1.165) is 31.4 Å². The van der Waals surface area contributed by atoms with E-state index in [0.29, 0.717) is 38.0 Å². The first-order valence-corrected chi connectivity index (χ1v) is 13.1. The van der Waals surface area contributed by atoms with Gasteiger partial charge in [-0.25, -0.2) is 0 Å². The predicted octanol–water partition coefficient (Wildman–Crippen LogP) is 4.97. The van der Waals surface area contributed by atoms with Crippen molar-refractivity contribution in [2.75, 3.05) is 24.8 Å². The number of carbonyl (C=O) groups is 1. The van der Waals surface area contributed by atoms with E-state index in [1.165, 1.54) is 31.3 Å². The van der Waals surface area contributed by atoms with Crippen molar-refractivity contribution < 1.29 is 14.6 Å². The van der Waals surface area contributed by atoms with Crippen molar-refractivity contribution in [3.63, 3.8) is 0 Å². The van der Waals surface area contributed by atoms with Gasteiger partial charge in [-0.1, -0.05) is 68.9 Å². The number of amides is 1. The molecule has 0 spiro atoms. The average Bonchev–Trinajstić information content (AvgIpc) is 2.83. The Morgan fingerprint density at radius 3 is 2.56 bits per heavy atom. The number of carbonyl (C=O) groups excluding carboxylic acids is 1. The van der Waals surface area contributed by atoms with Crippen molar-refractivity contribution in [3.8, 4) is 0 Å². The molecular weight excluding hydrogens is 426 g/mol. The molecule has 2 unspecified atom stereocenters. The number of allylic oxidation sites excluding steroid dienone is 2. The molecule has 1 aromatic rings. The maximum absolute atomic E-state index is 12.8. The highest BCUT2D eigenvalue weighted by Gasteiger charge is 2.27. The summed E-state index contributed by atoms with van der Waals surface area (Å²) in [4.78, 5) is 12.8. The summed E-state index contributed by atoms with van der Waals surface area (Å²) < 4.78 is 5.88. The minimum Gasteiger partial charge on any atom is -0.382 e. The van der Waals surface area contributed by atoms with Crippen LogP contribution in [0.4, 0.5) is 5.69 Å². The second-order valence-corrected chi connectivity index (χ2v) is 10.2. The normalized spacial score (nSPS) is 17.0. The Morgan fingerprint density at radius 1 is 1.18 bits per heavy atom. The highest BCUT2D eigenvalue weighted by atomic mass is 16.5. The number of hydrazine groups is 1. The van der Waals surface area contributed by atoms with Crippen LogP contribution in [0.1, 0.15) is 78.6 Å². The van der Waals surface area contributed by atoms with Crippen LogP contribution in [0.15, 0.2) is 42.0 Å². The summed E-state index contributed by atoms with van der Waals surface area (Å²) >= 11 is 0. The Morgan fingerprint density at radius 2 is 1.88 bits per heavy atom. The van der Waals surface area contributed by atoms with Crippen molar-refractivity contribution in [1.82, 2.24) is 5.43 Å². The van der Waals surface area contributed by atoms with Gasteiger partial charge in [-0.2, -0.15) is 0 Å². The summed E-state index contributed by atoms with van der Waals surface area (Å²) in [5.41, 5.74) is 11.3. The molecule has 34 heavy (non-hydrogen) atoms. The van der Waals surface area contributed by atoms with Gasteiger partial charge in [0.15, 0.2) is 0 Å². The van der Waals surface area contributed by atoms with Gasteiger partial charge >= 0.3 is 0 Å². The van der Waals surface area contributed by atoms with E-state index in [-0.39, 0.29) is 0 Å². The van der Waals surface area contributed by atoms with Crippen LogP contribution in [0.5, 0.6) is 0 Å². The van der Waals surface area contributed by atoms with E-state index in [2.05, 4.69) is 32.3 Å². The fourth-order valence-electron chi connectivity index (χ4n) is 4.53. The summed E-state index contributed by atoms with van der Waals surface area (Å²) in [6.45, 7) is 8.20. The molecule has 1 amide bonds. The molecule has 0 heterocycles. The quantitative estimate of drug-likeness (QED) is 0.190. The lowest BCUT2D eigenvalue weighted by molar-refractivity contribution is -0.130. The highest BCUT2D eigenvalue weighted by molar-refractivity contribution is 5.82. The molecule has 6 heteroatoms. The summed E-state index contributed by atoms with van der Waals surface area (Å²) in [7, 11) is 0. The number of nitrogens with one attached hydrogen (secondary N) is 1. The first-order valence-electron chi connectivity index (χ1n) is 13.1. The number of aliphatic hydroxyl groups excluding tert-OH is 1. The summed E-state index contributed by atoms with van der Waals surface area (Å²) in [5, 5.41) is 12.3. The van der Waals surface area contributed by atoms with Crippen molar-refractivity contribution in [2.45, 2.75) is 90.7 Å². The van der Waals surface area contributed by atoms with Gasteiger partial charge in [0.25, 0.3) is 5.91 Å². The lowest BCUT2D eigenvalue weighted by Gasteiger charge is -2.30. The molecule has 0 bridgehead atoms. The predicted molar refractivity (Wildman–Crippen MR) is 140 cm³/mol. The topological polar surface area (TPSA) is 87.8 Å². The van der Waals surface area contributed by atoms with Crippen LogP contribution in [-0.2, 0) is 9.53 Å². The van der Waals surface area contributed by atoms with Crippen molar-refractivity contribution >= 4 is 11.6 Å². The number of para-hydroxylation sites is 1. The Balaban J connectivity index is 1.79. The van der Waals surface area contributed by atoms with E-state index >= 15 is 0 Å². The molecule has 0 aromatic heterocycles. The van der Waals surface area contributed by atoms with Crippen LogP contribution in [0.2, 0.25) is 0 Å². The molecule has 6 nitrogen and oxygen atoms in total. The number of nitrogens with two attached hydrogens (primary N) is 1. The van der Waals surface area contributed by atoms with Crippen LogP contribution in [0.3, 0.4) is 0 Å². The third-order valence-corrected chi connectivity index (χ3v) is 6.74. The molecule has 1 saturated carbocycles. The molecule has 4 N–H and O–H groups in total. The summed E-state index contributed by atoms with van der Waals surface area (Å²) in [5.74, 6) is 0.663. The number of rotatable bonds is 15. The average molecular weight is 474 g/mol. The van der Waals surface area contributed by atoms with E-state index in [4.69, 9.17) is 10.5 Å². The smallest absolute Gasteiger partial charge is 0.268 e. The fraction of sp³-hybridized carbons (Fsp3) is 0.679. The summed E-state index contributed by atoms with van der Waals surface area (Å²) in [6, 6.07) is 9.10. The number of nitrogens with zero attached hydrogens (tertiary/aromatic N) is 1. The molecule has 1 fully saturated rings. The molecule has 0 aliphatic heterocycles. The van der Waals surface area contributed by atoms with Gasteiger partial charge in [0.1, 0.15) is 6.10 Å². The van der Waals surface area contributed by atoms with E-state index in [1.807, 2.05) is 30.3 Å². The molecule has 192 valence electrons. The maximum Gasteiger partial charge on any atom is 0.268 e. The van der Waals surface area contributed by atoms with Gasteiger partial charge < -0.3 is 15.6 Å². The van der Waals surface area contributed by atoms with E-state index < -0.39 is 18.1 Å². The van der Waals surface area contributed by atoms with Crippen molar-refractivity contribution in [1.29, 1.82) is 0 Å². The van der Waals surface area contributed by atoms with Crippen LogP contribution < -0.4 is 16.2 Å². The number of aliphatic hydroxyl groups is 1. The Hall–Kier alpha value is -1.89. The fourth-order valence-corrected chi connectivity index (χ4v) is 4.53. The molecule has 0 radical (unpaired) electrons. The lowest BCUT2D eigenvalue weighted by Crippen LogP contribution is -2.53. The Kier molecular flexibility index (Phi) is 13.3. The van der Waals surface area contributed by atoms with Gasteiger partial charge in [-0.05, 0) is 63.5 Å². The monoisotopic (exact) mass is 473 g/mol. The second kappa shape index (κ2) is 15.9. The molecule has 0 saturated heterocycles. The van der Waals surface area contributed by atoms with Crippen molar-refractivity contribution in [3.05, 3.63) is 42.0 Å². The van der Waals surface area contributed by atoms with Gasteiger partial charge in [0.05, 0.1) is 18.8 Å². The van der Waals surface area contributed by atoms with Crippen LogP contribution >= 0.6 is 0 Å². The van der Waals surface area contributed by atoms with Crippen LogP contribution in [-0.4, -0.2) is 42.9 Å². The first-order chi connectivity index (χ1) is 16.4. The lowest BCUT2D eigenvalue weighted by atomic mass is 9.84. The zero-order valence-corrected chi connectivity index (χ0v) is 21.5. The molecular formula is C28H47N3O3. The number of anilines is 1. The summed E-state index contributed by atoms with van der Waals surface area (Å²) in [6.07, 6.45) is 11.0. The number of hydrogen-bond acceptors (Lipinski definition) is 5. The van der Waals surface area contributed by atoms with Crippen LogP contribution in [0, 0.1) is 11.8 Å². The first kappa shape index (κ1) is 28.3. The zero-order valence-electron chi connectivity index (χ0n) is 21.5. The van der Waals surface area contributed by atoms with Crippen molar-refractivity contribution in [2.24, 2.45) is 17.6 Å². The Bertz CT molecular complexity index is 715. The maximum atomic E-state index is 12.8. The minimum absolute atomic E-state index is 0.458. The van der Waals surface area contributed by atoms with Gasteiger partial charge in [-0.15, -0.1) is 0 Å². The molecule has 1 aromatic carbocycles. The zero-order chi connectivity index (χ0) is 24.8. The second-order valence-electron chi connectivity index (χ2n) is 10.2. The number of hydrogen-bond donors (Lipinski definition) is 3. The molecule has 2 rings (SSSR count). The molecule has 3 atom stereocenters. The number of ether oxygens (including phenoxy) is 1. The largest absolute Gasteiger partial charge is 0.382 e. The molecule has 1 aliphatic carbocycles. The Labute approximate surface area is 206 Å². The third-order valence-electron chi connectivity index (χ3n) is 6.74. The highest BCUT2D eigenvalue weighted by Crippen LogP contribution is 2.27. The van der Waals surface area contributed by atoms with Gasteiger partial charge in [0, 0.05) is 12.6 Å². The van der Waals surface area contributed by atoms with Gasteiger partial charge in [0.2, 0.25) is 0 Å². The SMILES string of the molecule is CC(C)=CCCC(C)CCOCCN(NC(=O)C(O)[C@H](N)CC1CCCCC1)c1ccccc1. The third kappa shape index (κ3) is 11.0. The van der Waals surface area contributed by atoms with E-state index in [1.54, 1.807) is 5.01 Å². The van der Waals surface area contributed by atoms with E-state index in [9.17, 15) is 9.90 Å². The minimum atomic E-state index is -1.23. The number of benzene rings is 1. The standard InChI is InChI=1S/C28H47N3O3/c1-22(2)11-10-12-23(3)17-19-34-20-18-31(25-15-8-5-9-16-25)30-28(33)27(32)26(29)21-24-13-6-4-7-14-24/h5,8-9,11,15-16,23-24,26-27,32H,4,6-7,10,12-14,17-21,29H2,1-3H3,(H,30,33)/t23?,26-,27?/m1/s1. The molecule has 1 aliphatic rings. The van der Waals surface area contributed by atoms with Crippen LogP contribution in [0.25, 0.3) is 0 Å². The van der Waals surface area contributed by atoms with Gasteiger partial charge in [-0.3, -0.25) is 15.2 Å².